The van der Waals surface area contributed by atoms with Crippen molar-refractivity contribution in [1.29, 1.82) is 0 Å². The number of likely N-dealkylation sites (tertiary alicyclic amines) is 1. The minimum Gasteiger partial charge on any atom is -0.474 e. The van der Waals surface area contributed by atoms with Gasteiger partial charge in [0.05, 0.1) is 23.9 Å². The van der Waals surface area contributed by atoms with E-state index in [4.69, 9.17) is 19.4 Å². The van der Waals surface area contributed by atoms with Crippen molar-refractivity contribution >= 4 is 39.8 Å². The first kappa shape index (κ1) is 30.8. The van der Waals surface area contributed by atoms with Crippen LogP contribution in [0.1, 0.15) is 53.5 Å². The van der Waals surface area contributed by atoms with Crippen LogP contribution in [0.25, 0.3) is 27.9 Å². The average molecular weight is 626 g/mol. The molecule has 1 fully saturated rings. The van der Waals surface area contributed by atoms with Crippen molar-refractivity contribution in [3.8, 4) is 11.7 Å². The molecule has 0 radical (unpaired) electrons. The fourth-order valence-corrected chi connectivity index (χ4v) is 5.50. The smallest absolute Gasteiger partial charge is 0.410 e. The van der Waals surface area contributed by atoms with Crippen LogP contribution < -0.4 is 15.6 Å². The molecule has 46 heavy (non-hydrogen) atoms. The van der Waals surface area contributed by atoms with E-state index in [0.717, 1.165) is 16.7 Å². The third kappa shape index (κ3) is 6.30. The number of nitrogens with zero attached hydrogens (tertiary/aromatic N) is 8. The SMILES string of the molecule is C=CCn1c(=O)c2cnc(Nc3ccc4c(c3)ncn4C(C)C)nc2n1-c1cccc(OC2CCN(C(=O)OC(C)(C)C)CC2)n1. The Kier molecular flexibility index (Phi) is 8.24. The molecule has 4 aromatic heterocycles. The molecule has 240 valence electrons. The first-order chi connectivity index (χ1) is 22.0. The molecule has 13 heteroatoms. The van der Waals surface area contributed by atoms with Crippen LogP contribution in [-0.2, 0) is 11.3 Å². The molecule has 0 unspecified atom stereocenters. The number of rotatable bonds is 8. The summed E-state index contributed by atoms with van der Waals surface area (Å²) in [4.78, 5) is 46.1. The lowest BCUT2D eigenvalue weighted by atomic mass is 10.1. The second-order valence-corrected chi connectivity index (χ2v) is 12.6. The maximum Gasteiger partial charge on any atom is 0.410 e. The number of hydrogen-bond acceptors (Lipinski definition) is 9. The van der Waals surface area contributed by atoms with Gasteiger partial charge in [0.1, 0.15) is 17.1 Å². The fraction of sp³-hybridized carbons (Fsp3) is 0.394. The lowest BCUT2D eigenvalue weighted by molar-refractivity contribution is 0.0123. The molecular formula is C33H39N9O4. The summed E-state index contributed by atoms with van der Waals surface area (Å²) in [6.07, 6.45) is 5.85. The first-order valence-electron chi connectivity index (χ1n) is 15.5. The summed E-state index contributed by atoms with van der Waals surface area (Å²) in [6.45, 7) is 14.9. The summed E-state index contributed by atoms with van der Waals surface area (Å²) in [6, 6.07) is 11.6. The largest absolute Gasteiger partial charge is 0.474 e. The Morgan fingerprint density at radius 3 is 2.63 bits per heavy atom. The molecule has 13 nitrogen and oxygen atoms in total. The molecule has 5 heterocycles. The van der Waals surface area contributed by atoms with Crippen LogP contribution in [0.5, 0.6) is 5.88 Å². The Bertz CT molecular complexity index is 1960. The summed E-state index contributed by atoms with van der Waals surface area (Å²) in [5, 5.41) is 3.61. The van der Waals surface area contributed by atoms with Crippen LogP contribution in [0.4, 0.5) is 16.4 Å². The van der Waals surface area contributed by atoms with E-state index in [0.29, 0.717) is 60.7 Å². The maximum atomic E-state index is 13.4. The first-order valence-corrected chi connectivity index (χ1v) is 15.5. The fourth-order valence-electron chi connectivity index (χ4n) is 5.50. The van der Waals surface area contributed by atoms with Crippen molar-refractivity contribution in [2.45, 2.75) is 71.8 Å². The van der Waals surface area contributed by atoms with Crippen LogP contribution >= 0.6 is 0 Å². The quantitative estimate of drug-likeness (QED) is 0.218. The number of piperidine rings is 1. The Labute approximate surface area is 266 Å². The Morgan fingerprint density at radius 1 is 1.13 bits per heavy atom. The number of fused-ring (bicyclic) bond motifs is 2. The van der Waals surface area contributed by atoms with Gasteiger partial charge in [-0.05, 0) is 58.9 Å². The van der Waals surface area contributed by atoms with Crippen molar-refractivity contribution in [2.24, 2.45) is 0 Å². The van der Waals surface area contributed by atoms with Gasteiger partial charge in [-0.2, -0.15) is 9.97 Å². The minimum atomic E-state index is -0.544. The van der Waals surface area contributed by atoms with Gasteiger partial charge in [0, 0.05) is 49.9 Å². The maximum absolute atomic E-state index is 13.4. The van der Waals surface area contributed by atoms with Crippen molar-refractivity contribution in [3.63, 3.8) is 0 Å². The number of aromatic nitrogens is 7. The lowest BCUT2D eigenvalue weighted by Gasteiger charge is -2.33. The second-order valence-electron chi connectivity index (χ2n) is 12.6. The predicted molar refractivity (Wildman–Crippen MR) is 176 cm³/mol. The van der Waals surface area contributed by atoms with Crippen LogP contribution in [0, 0.1) is 0 Å². The van der Waals surface area contributed by atoms with Gasteiger partial charge in [0.2, 0.25) is 11.8 Å². The van der Waals surface area contributed by atoms with E-state index >= 15 is 0 Å². The number of carbonyl (C=O) groups is 1. The number of allylic oxidation sites excluding steroid dienone is 1. The van der Waals surface area contributed by atoms with E-state index in [1.807, 2.05) is 51.4 Å². The van der Waals surface area contributed by atoms with Gasteiger partial charge in [0.25, 0.3) is 5.56 Å². The molecule has 5 aromatic rings. The Morgan fingerprint density at radius 2 is 1.91 bits per heavy atom. The average Bonchev–Trinajstić information content (AvgIpc) is 3.55. The molecule has 6 rings (SSSR count). The number of ether oxygens (including phenoxy) is 2. The van der Waals surface area contributed by atoms with E-state index in [1.165, 1.54) is 10.9 Å². The lowest BCUT2D eigenvalue weighted by Crippen LogP contribution is -2.44. The predicted octanol–water partition coefficient (Wildman–Crippen LogP) is 5.62. The summed E-state index contributed by atoms with van der Waals surface area (Å²) in [7, 11) is 0. The van der Waals surface area contributed by atoms with Crippen molar-refractivity contribution in [2.75, 3.05) is 18.4 Å². The van der Waals surface area contributed by atoms with Gasteiger partial charge >= 0.3 is 6.09 Å². The topological polar surface area (TPSA) is 134 Å². The zero-order chi connectivity index (χ0) is 32.6. The zero-order valence-corrected chi connectivity index (χ0v) is 26.8. The molecule has 0 atom stereocenters. The third-order valence-electron chi connectivity index (χ3n) is 7.67. The molecule has 1 aliphatic heterocycles. The van der Waals surface area contributed by atoms with Crippen molar-refractivity contribution in [1.82, 2.24) is 38.8 Å². The van der Waals surface area contributed by atoms with Gasteiger partial charge in [0.15, 0.2) is 11.5 Å². The number of anilines is 2. The number of imidazole rings is 1. The van der Waals surface area contributed by atoms with Gasteiger partial charge < -0.3 is 24.3 Å². The third-order valence-corrected chi connectivity index (χ3v) is 7.67. The van der Waals surface area contributed by atoms with Crippen LogP contribution in [0.15, 0.2) is 66.4 Å². The molecule has 1 amide bonds. The van der Waals surface area contributed by atoms with Crippen molar-refractivity contribution < 1.29 is 14.3 Å². The summed E-state index contributed by atoms with van der Waals surface area (Å²) in [5.74, 6) is 1.20. The Hall–Kier alpha value is -5.20. The van der Waals surface area contributed by atoms with Gasteiger partial charge in [-0.25, -0.2) is 24.1 Å². The number of pyridine rings is 1. The molecule has 0 spiro atoms. The van der Waals surface area contributed by atoms with Gasteiger partial charge in [-0.3, -0.25) is 4.79 Å². The van der Waals surface area contributed by atoms with Crippen LogP contribution in [0.3, 0.4) is 0 Å². The number of carbonyl (C=O) groups excluding carboxylic acids is 1. The highest BCUT2D eigenvalue weighted by Crippen LogP contribution is 2.25. The van der Waals surface area contributed by atoms with Crippen molar-refractivity contribution in [3.05, 3.63) is 71.9 Å². The molecule has 1 aliphatic rings. The normalized spacial score (nSPS) is 14.3. The highest BCUT2D eigenvalue weighted by molar-refractivity contribution is 5.81. The van der Waals surface area contributed by atoms with Gasteiger partial charge in [-0.1, -0.05) is 12.1 Å². The number of hydrogen-bond donors (Lipinski definition) is 1. The summed E-state index contributed by atoms with van der Waals surface area (Å²) >= 11 is 0. The highest BCUT2D eigenvalue weighted by atomic mass is 16.6. The molecule has 1 saturated heterocycles. The zero-order valence-electron chi connectivity index (χ0n) is 26.8. The van der Waals surface area contributed by atoms with Gasteiger partial charge in [-0.15, -0.1) is 6.58 Å². The highest BCUT2D eigenvalue weighted by Gasteiger charge is 2.28. The standard InChI is InChI=1S/C33H39N9O4/c1-7-15-41-30(43)24-19-34-31(36-22-11-12-26-25(18-22)35-20-40(26)21(2)3)38-29(24)42(41)27-9-8-10-28(37-27)45-23-13-16-39(17-14-23)32(44)46-33(4,5)6/h7-12,18-21,23H,1,13-17H2,2-6H3,(H,34,36,38). The summed E-state index contributed by atoms with van der Waals surface area (Å²) < 4.78 is 17.1. The molecule has 0 saturated carbocycles. The molecule has 1 N–H and O–H groups in total. The molecule has 0 aliphatic carbocycles. The Balaban J connectivity index is 1.26. The molecular weight excluding hydrogens is 586 g/mol. The van der Waals surface area contributed by atoms with E-state index in [1.54, 1.807) is 27.8 Å². The number of nitrogens with one attached hydrogen (secondary N) is 1. The second kappa shape index (κ2) is 12.3. The van der Waals surface area contributed by atoms with E-state index < -0.39 is 5.60 Å². The van der Waals surface area contributed by atoms with E-state index in [-0.39, 0.29) is 24.3 Å². The monoisotopic (exact) mass is 625 g/mol. The minimum absolute atomic E-state index is 0.124. The number of benzene rings is 1. The molecule has 0 bridgehead atoms. The molecule has 1 aromatic carbocycles. The number of amides is 1. The van der Waals surface area contributed by atoms with Crippen LogP contribution in [0.2, 0.25) is 0 Å². The van der Waals surface area contributed by atoms with Crippen LogP contribution in [-0.4, -0.2) is 69.7 Å². The summed E-state index contributed by atoms with van der Waals surface area (Å²) in [5.41, 5.74) is 2.25. The van der Waals surface area contributed by atoms with E-state index in [9.17, 15) is 9.59 Å². The van der Waals surface area contributed by atoms with E-state index in [2.05, 4.69) is 40.3 Å².